The Balaban J connectivity index is 1.88. The van der Waals surface area contributed by atoms with Crippen LogP contribution in [-0.4, -0.2) is 44.0 Å². The van der Waals surface area contributed by atoms with Gasteiger partial charge in [0.2, 0.25) is 15.0 Å². The van der Waals surface area contributed by atoms with E-state index < -0.39 is 17.9 Å². The maximum atomic E-state index is 12.3. The largest absolute Gasteiger partial charge is 0.392 e. The normalized spacial score (nSPS) is 12.0. The molecule has 1 heterocycles. The number of aliphatic hydroxyl groups is 1. The first-order valence-corrected chi connectivity index (χ1v) is 15.7. The second-order valence-electron chi connectivity index (χ2n) is 8.75. The molecule has 0 aliphatic rings. The van der Waals surface area contributed by atoms with Crippen LogP contribution < -0.4 is 0 Å². The van der Waals surface area contributed by atoms with Crippen LogP contribution in [0.4, 0.5) is 0 Å². The standard InChI is InChI=1S/C23H28N2O4SSi/c1-30(27,28)23-24-21-15-19(8-5-18-6-9-20(16-26)10-7-18)11-12-22(21)25(23)17-29-13-14-31(2,3)4/h6-7,9-12,15,26H,13-14,16-17H2,1-4H3. The van der Waals surface area contributed by atoms with Gasteiger partial charge in [0.1, 0.15) is 6.73 Å². The second-order valence-corrected chi connectivity index (χ2v) is 16.3. The van der Waals surface area contributed by atoms with Gasteiger partial charge in [0.15, 0.2) is 0 Å². The van der Waals surface area contributed by atoms with Crippen LogP contribution in [0.2, 0.25) is 25.7 Å². The number of imidazole rings is 1. The van der Waals surface area contributed by atoms with Gasteiger partial charge < -0.3 is 9.84 Å². The summed E-state index contributed by atoms with van der Waals surface area (Å²) in [7, 11) is -4.74. The number of ether oxygens (including phenoxy) is 1. The van der Waals surface area contributed by atoms with Crippen LogP contribution in [0.25, 0.3) is 11.0 Å². The van der Waals surface area contributed by atoms with E-state index in [2.05, 4.69) is 36.5 Å². The van der Waals surface area contributed by atoms with E-state index in [1.807, 2.05) is 36.4 Å². The van der Waals surface area contributed by atoms with Crippen molar-refractivity contribution < 1.29 is 18.3 Å². The summed E-state index contributed by atoms with van der Waals surface area (Å²) in [5.41, 5.74) is 3.67. The number of rotatable bonds is 7. The van der Waals surface area contributed by atoms with Crippen molar-refractivity contribution in [3.8, 4) is 11.8 Å². The summed E-state index contributed by atoms with van der Waals surface area (Å²) < 4.78 is 32.0. The molecule has 0 spiro atoms. The number of fused-ring (bicyclic) bond motifs is 1. The maximum absolute atomic E-state index is 12.3. The Morgan fingerprint density at radius 2 is 1.71 bits per heavy atom. The third-order valence-corrected chi connectivity index (χ3v) is 7.43. The van der Waals surface area contributed by atoms with Gasteiger partial charge in [-0.15, -0.1) is 0 Å². The van der Waals surface area contributed by atoms with Crippen LogP contribution in [0.15, 0.2) is 47.6 Å². The van der Waals surface area contributed by atoms with Gasteiger partial charge in [-0.2, -0.15) is 0 Å². The molecular formula is C23H28N2O4SSi. The summed E-state index contributed by atoms with van der Waals surface area (Å²) in [6.45, 7) is 7.55. The van der Waals surface area contributed by atoms with E-state index in [-0.39, 0.29) is 18.5 Å². The fourth-order valence-corrected chi connectivity index (χ4v) is 4.54. The molecule has 0 atom stereocenters. The molecular weight excluding hydrogens is 428 g/mol. The highest BCUT2D eigenvalue weighted by Gasteiger charge is 2.20. The van der Waals surface area contributed by atoms with E-state index in [0.717, 1.165) is 29.0 Å². The average Bonchev–Trinajstić information content (AvgIpc) is 3.07. The highest BCUT2D eigenvalue weighted by Crippen LogP contribution is 2.21. The molecule has 0 saturated heterocycles. The van der Waals surface area contributed by atoms with Crippen LogP contribution in [0.1, 0.15) is 16.7 Å². The van der Waals surface area contributed by atoms with E-state index in [1.54, 1.807) is 10.6 Å². The third kappa shape index (κ3) is 6.28. The molecule has 0 bridgehead atoms. The van der Waals surface area contributed by atoms with Gasteiger partial charge in [0.05, 0.1) is 17.6 Å². The van der Waals surface area contributed by atoms with Gasteiger partial charge in [-0.1, -0.05) is 43.6 Å². The zero-order valence-electron chi connectivity index (χ0n) is 18.3. The van der Waals surface area contributed by atoms with Crippen molar-refractivity contribution in [2.75, 3.05) is 12.9 Å². The second kappa shape index (κ2) is 9.36. The number of hydrogen-bond donors (Lipinski definition) is 1. The number of nitrogens with zero attached hydrogens (tertiary/aromatic N) is 2. The average molecular weight is 457 g/mol. The predicted octanol–water partition coefficient (Wildman–Crippen LogP) is 3.64. The molecule has 3 rings (SSSR count). The van der Waals surface area contributed by atoms with Crippen LogP contribution in [0.3, 0.4) is 0 Å². The minimum atomic E-state index is -3.51. The summed E-state index contributed by atoms with van der Waals surface area (Å²) >= 11 is 0. The summed E-state index contributed by atoms with van der Waals surface area (Å²) in [5.74, 6) is 6.17. The summed E-state index contributed by atoms with van der Waals surface area (Å²) in [5, 5.41) is 9.13. The summed E-state index contributed by atoms with van der Waals surface area (Å²) in [4.78, 5) is 4.36. The van der Waals surface area contributed by atoms with Gasteiger partial charge in [-0.25, -0.2) is 13.4 Å². The van der Waals surface area contributed by atoms with Crippen LogP contribution in [-0.2, 0) is 27.9 Å². The van der Waals surface area contributed by atoms with E-state index in [0.29, 0.717) is 17.6 Å². The van der Waals surface area contributed by atoms with E-state index in [4.69, 9.17) is 9.84 Å². The van der Waals surface area contributed by atoms with Crippen LogP contribution in [0.5, 0.6) is 0 Å². The lowest BCUT2D eigenvalue weighted by molar-refractivity contribution is 0.0838. The van der Waals surface area contributed by atoms with Crippen LogP contribution in [0, 0.1) is 11.8 Å². The molecule has 2 aromatic carbocycles. The minimum Gasteiger partial charge on any atom is -0.392 e. The first kappa shape index (κ1) is 23.2. The van der Waals surface area contributed by atoms with E-state index in [9.17, 15) is 8.42 Å². The molecule has 31 heavy (non-hydrogen) atoms. The Hall–Kier alpha value is -2.44. The van der Waals surface area contributed by atoms with Crippen molar-refractivity contribution in [1.29, 1.82) is 0 Å². The molecule has 0 radical (unpaired) electrons. The number of sulfone groups is 1. The molecule has 0 unspecified atom stereocenters. The monoisotopic (exact) mass is 456 g/mol. The van der Waals surface area contributed by atoms with Gasteiger partial charge in [0.25, 0.3) is 0 Å². The molecule has 0 aliphatic carbocycles. The Morgan fingerprint density at radius 3 is 2.32 bits per heavy atom. The minimum absolute atomic E-state index is 0.000190. The SMILES string of the molecule is C[Si](C)(C)CCOCn1c(S(C)(=O)=O)nc2cc(C#Cc3ccc(CO)cc3)ccc21. The van der Waals surface area contributed by atoms with Gasteiger partial charge >= 0.3 is 0 Å². The van der Waals surface area contributed by atoms with Crippen molar-refractivity contribution in [1.82, 2.24) is 9.55 Å². The Bertz CT molecular complexity index is 1230. The lowest BCUT2D eigenvalue weighted by atomic mass is 10.1. The fourth-order valence-electron chi connectivity index (χ4n) is 2.97. The molecule has 0 saturated carbocycles. The number of hydrogen-bond acceptors (Lipinski definition) is 5. The Kier molecular flexibility index (Phi) is 7.02. The topological polar surface area (TPSA) is 81.4 Å². The van der Waals surface area contributed by atoms with Crippen molar-refractivity contribution in [2.45, 2.75) is 44.2 Å². The van der Waals surface area contributed by atoms with Crippen molar-refractivity contribution in [3.05, 3.63) is 59.2 Å². The van der Waals surface area contributed by atoms with Gasteiger partial charge in [-0.05, 0) is 41.9 Å². The first-order chi connectivity index (χ1) is 14.6. The molecule has 0 aliphatic heterocycles. The molecule has 3 aromatic rings. The molecule has 6 nitrogen and oxygen atoms in total. The van der Waals surface area contributed by atoms with Gasteiger partial charge in [-0.3, -0.25) is 4.57 Å². The molecule has 1 N–H and O–H groups in total. The number of aromatic nitrogens is 2. The molecule has 0 fully saturated rings. The summed E-state index contributed by atoms with van der Waals surface area (Å²) in [6.07, 6.45) is 1.16. The predicted molar refractivity (Wildman–Crippen MR) is 125 cm³/mol. The lowest BCUT2D eigenvalue weighted by Gasteiger charge is -2.16. The zero-order chi connectivity index (χ0) is 22.6. The van der Waals surface area contributed by atoms with Gasteiger partial charge in [0, 0.05) is 32.1 Å². The highest BCUT2D eigenvalue weighted by atomic mass is 32.2. The first-order valence-electron chi connectivity index (χ1n) is 10.1. The Labute approximate surface area is 184 Å². The van der Waals surface area contributed by atoms with Crippen molar-refractivity contribution in [3.63, 3.8) is 0 Å². The smallest absolute Gasteiger partial charge is 0.230 e. The zero-order valence-corrected chi connectivity index (χ0v) is 20.2. The van der Waals surface area contributed by atoms with Crippen molar-refractivity contribution in [2.24, 2.45) is 0 Å². The van der Waals surface area contributed by atoms with E-state index >= 15 is 0 Å². The quantitative estimate of drug-likeness (QED) is 0.333. The number of aliphatic hydroxyl groups excluding tert-OH is 1. The molecule has 8 heteroatoms. The Morgan fingerprint density at radius 1 is 1.06 bits per heavy atom. The molecule has 1 aromatic heterocycles. The third-order valence-electron chi connectivity index (χ3n) is 4.75. The lowest BCUT2D eigenvalue weighted by Crippen LogP contribution is -2.22. The molecule has 164 valence electrons. The summed E-state index contributed by atoms with van der Waals surface area (Å²) in [6, 6.07) is 13.8. The number of benzene rings is 2. The fraction of sp³-hybridized carbons (Fsp3) is 0.348. The van der Waals surface area contributed by atoms with Crippen molar-refractivity contribution >= 4 is 28.9 Å². The van der Waals surface area contributed by atoms with Crippen LogP contribution >= 0.6 is 0 Å². The molecule has 0 amide bonds. The maximum Gasteiger partial charge on any atom is 0.230 e. The van der Waals surface area contributed by atoms with E-state index in [1.165, 1.54) is 0 Å². The highest BCUT2D eigenvalue weighted by molar-refractivity contribution is 7.90.